The molecule has 3 rings (SSSR count). The molecule has 0 fully saturated rings. The molecular formula is C15H15BrN2. The lowest BCUT2D eigenvalue weighted by atomic mass is 10.2. The Kier molecular flexibility index (Phi) is 4.15. The van der Waals surface area contributed by atoms with Crippen LogP contribution in [0.2, 0.25) is 0 Å². The fraction of sp³-hybridized carbons (Fsp3) is 0.133. The second kappa shape index (κ2) is 5.83. The van der Waals surface area contributed by atoms with Gasteiger partial charge in [0.15, 0.2) is 0 Å². The van der Waals surface area contributed by atoms with E-state index in [9.17, 15) is 0 Å². The van der Waals surface area contributed by atoms with Crippen LogP contribution in [-0.2, 0) is 0 Å². The third kappa shape index (κ3) is 2.62. The number of hydrogen-bond acceptors (Lipinski definition) is 1. The molecule has 0 amide bonds. The lowest BCUT2D eigenvalue weighted by Crippen LogP contribution is -1.77. The maximum atomic E-state index is 4.57. The molecule has 3 heteroatoms. The molecule has 0 atom stereocenters. The van der Waals surface area contributed by atoms with Gasteiger partial charge < -0.3 is 4.40 Å². The molecule has 2 nitrogen and oxygen atoms in total. The van der Waals surface area contributed by atoms with Gasteiger partial charge in [0.2, 0.25) is 0 Å². The lowest BCUT2D eigenvalue weighted by Gasteiger charge is -1.95. The topological polar surface area (TPSA) is 17.3 Å². The van der Waals surface area contributed by atoms with Gasteiger partial charge in [0.05, 0.1) is 5.69 Å². The molecule has 0 aliphatic heterocycles. The van der Waals surface area contributed by atoms with Gasteiger partial charge in [-0.15, -0.1) is 0 Å². The van der Waals surface area contributed by atoms with Crippen molar-refractivity contribution < 1.29 is 0 Å². The maximum absolute atomic E-state index is 4.57. The van der Waals surface area contributed by atoms with Crippen molar-refractivity contribution in [3.63, 3.8) is 0 Å². The molecule has 0 unspecified atom stereocenters. The number of fused-ring (bicyclic) bond motifs is 1. The van der Waals surface area contributed by atoms with Crippen LogP contribution >= 0.6 is 15.9 Å². The first-order chi connectivity index (χ1) is 8.83. The van der Waals surface area contributed by atoms with Crippen LogP contribution < -0.4 is 0 Å². The van der Waals surface area contributed by atoms with E-state index in [4.69, 9.17) is 0 Å². The summed E-state index contributed by atoms with van der Waals surface area (Å²) in [7, 11) is 0. The zero-order chi connectivity index (χ0) is 13.0. The highest BCUT2D eigenvalue weighted by Crippen LogP contribution is 2.22. The van der Waals surface area contributed by atoms with Crippen molar-refractivity contribution in [3.05, 3.63) is 59.3 Å². The number of rotatable bonds is 1. The molecule has 0 saturated carbocycles. The zero-order valence-corrected chi connectivity index (χ0v) is 12.1. The molecule has 1 aromatic carbocycles. The van der Waals surface area contributed by atoms with Gasteiger partial charge >= 0.3 is 0 Å². The Morgan fingerprint density at radius 3 is 2.61 bits per heavy atom. The number of nitrogens with zero attached hydrogens (tertiary/aromatic N) is 2. The van der Waals surface area contributed by atoms with Crippen LogP contribution in [0.3, 0.4) is 0 Å². The van der Waals surface area contributed by atoms with Gasteiger partial charge in [-0.25, -0.2) is 4.98 Å². The molecule has 0 aliphatic rings. The molecule has 0 radical (unpaired) electrons. The first-order valence-corrected chi connectivity index (χ1v) is 6.82. The standard InChI is InChI=1S/C13H9BrN2.C2H6/c14-11-5-3-4-10(8-11)12-9-16-7-2-1-6-13(16)15-12;1-2/h1-9H;1-2H3. The Hall–Kier alpha value is -1.61. The summed E-state index contributed by atoms with van der Waals surface area (Å²) >= 11 is 3.47. The fourth-order valence-electron chi connectivity index (χ4n) is 1.72. The predicted octanol–water partition coefficient (Wildman–Crippen LogP) is 4.79. The van der Waals surface area contributed by atoms with Crippen molar-refractivity contribution in [3.8, 4) is 11.3 Å². The van der Waals surface area contributed by atoms with Crippen molar-refractivity contribution in [1.29, 1.82) is 0 Å². The Bertz CT molecular complexity index is 611. The average Bonchev–Trinajstić information content (AvgIpc) is 2.85. The van der Waals surface area contributed by atoms with Crippen molar-refractivity contribution >= 4 is 21.6 Å². The second-order valence-electron chi connectivity index (χ2n) is 3.60. The lowest BCUT2D eigenvalue weighted by molar-refractivity contribution is 1.19. The van der Waals surface area contributed by atoms with E-state index < -0.39 is 0 Å². The summed E-state index contributed by atoms with van der Waals surface area (Å²) in [5.41, 5.74) is 3.09. The van der Waals surface area contributed by atoms with Crippen LogP contribution in [0.5, 0.6) is 0 Å². The fourth-order valence-corrected chi connectivity index (χ4v) is 2.12. The van der Waals surface area contributed by atoms with E-state index in [-0.39, 0.29) is 0 Å². The van der Waals surface area contributed by atoms with Gasteiger partial charge in [-0.05, 0) is 24.3 Å². The highest BCUT2D eigenvalue weighted by Gasteiger charge is 2.03. The molecule has 92 valence electrons. The van der Waals surface area contributed by atoms with Gasteiger partial charge in [-0.2, -0.15) is 0 Å². The quantitative estimate of drug-likeness (QED) is 0.632. The van der Waals surface area contributed by atoms with Crippen LogP contribution in [0.1, 0.15) is 13.8 Å². The maximum Gasteiger partial charge on any atom is 0.137 e. The van der Waals surface area contributed by atoms with Crippen LogP contribution in [-0.4, -0.2) is 9.38 Å². The van der Waals surface area contributed by atoms with Crippen LogP contribution in [0.4, 0.5) is 0 Å². The summed E-state index contributed by atoms with van der Waals surface area (Å²) < 4.78 is 3.10. The molecule has 0 aliphatic carbocycles. The number of halogens is 1. The normalized spacial score (nSPS) is 9.94. The molecule has 18 heavy (non-hydrogen) atoms. The summed E-state index contributed by atoms with van der Waals surface area (Å²) in [6, 6.07) is 14.2. The molecule has 0 saturated heterocycles. The van der Waals surface area contributed by atoms with Crippen LogP contribution in [0, 0.1) is 0 Å². The first kappa shape index (κ1) is 12.8. The van der Waals surface area contributed by atoms with E-state index >= 15 is 0 Å². The monoisotopic (exact) mass is 302 g/mol. The van der Waals surface area contributed by atoms with E-state index in [1.54, 1.807) is 0 Å². The van der Waals surface area contributed by atoms with Crippen LogP contribution in [0.25, 0.3) is 16.9 Å². The average molecular weight is 303 g/mol. The van der Waals surface area contributed by atoms with Gasteiger partial charge in [0, 0.05) is 22.4 Å². The summed E-state index contributed by atoms with van der Waals surface area (Å²) in [5, 5.41) is 0. The molecule has 0 bridgehead atoms. The molecule has 2 aromatic heterocycles. The second-order valence-corrected chi connectivity index (χ2v) is 4.52. The van der Waals surface area contributed by atoms with E-state index in [0.717, 1.165) is 21.4 Å². The third-order valence-electron chi connectivity index (χ3n) is 2.48. The van der Waals surface area contributed by atoms with Gasteiger partial charge in [0.25, 0.3) is 0 Å². The number of aromatic nitrogens is 2. The predicted molar refractivity (Wildman–Crippen MR) is 79.7 cm³/mol. The zero-order valence-electron chi connectivity index (χ0n) is 10.5. The first-order valence-electron chi connectivity index (χ1n) is 6.02. The third-order valence-corrected chi connectivity index (χ3v) is 2.98. The smallest absolute Gasteiger partial charge is 0.137 e. The largest absolute Gasteiger partial charge is 0.306 e. The summed E-state index contributed by atoms with van der Waals surface area (Å²) in [6.07, 6.45) is 4.04. The van der Waals surface area contributed by atoms with Crippen molar-refractivity contribution in [1.82, 2.24) is 9.38 Å². The molecule has 0 spiro atoms. The summed E-state index contributed by atoms with van der Waals surface area (Å²) in [5.74, 6) is 0. The Labute approximate surface area is 115 Å². The molecule has 2 heterocycles. The van der Waals surface area contributed by atoms with E-state index in [0.29, 0.717) is 0 Å². The summed E-state index contributed by atoms with van der Waals surface area (Å²) in [6.45, 7) is 4.00. The van der Waals surface area contributed by atoms with E-state index in [1.165, 1.54) is 0 Å². The van der Waals surface area contributed by atoms with E-state index in [1.807, 2.05) is 61.0 Å². The molecule has 3 aromatic rings. The van der Waals surface area contributed by atoms with Crippen molar-refractivity contribution in [2.24, 2.45) is 0 Å². The number of pyridine rings is 1. The number of hydrogen-bond donors (Lipinski definition) is 0. The van der Waals surface area contributed by atoms with E-state index in [2.05, 4.69) is 33.0 Å². The minimum Gasteiger partial charge on any atom is -0.306 e. The van der Waals surface area contributed by atoms with Gasteiger partial charge in [-0.1, -0.05) is 48.0 Å². The Morgan fingerprint density at radius 1 is 1.06 bits per heavy atom. The highest BCUT2D eigenvalue weighted by molar-refractivity contribution is 9.10. The summed E-state index contributed by atoms with van der Waals surface area (Å²) in [4.78, 5) is 4.57. The SMILES string of the molecule is Brc1cccc(-c2cn3ccccc3n2)c1.CC. The van der Waals surface area contributed by atoms with Crippen molar-refractivity contribution in [2.75, 3.05) is 0 Å². The minimum absolute atomic E-state index is 0.970. The number of imidazole rings is 1. The van der Waals surface area contributed by atoms with Crippen molar-refractivity contribution in [2.45, 2.75) is 13.8 Å². The Morgan fingerprint density at radius 2 is 1.89 bits per heavy atom. The molecule has 0 N–H and O–H groups in total. The Balaban J connectivity index is 0.000000574. The minimum atomic E-state index is 0.970. The van der Waals surface area contributed by atoms with Gasteiger partial charge in [-0.3, -0.25) is 0 Å². The highest BCUT2D eigenvalue weighted by atomic mass is 79.9. The van der Waals surface area contributed by atoms with Crippen LogP contribution in [0.15, 0.2) is 59.3 Å². The molecular weight excluding hydrogens is 288 g/mol. The van der Waals surface area contributed by atoms with Gasteiger partial charge in [0.1, 0.15) is 5.65 Å². The number of benzene rings is 1.